The van der Waals surface area contributed by atoms with Gasteiger partial charge in [0.25, 0.3) is 15.6 Å². The number of aromatic nitrogens is 2. The van der Waals surface area contributed by atoms with Gasteiger partial charge in [0.2, 0.25) is 0 Å². The van der Waals surface area contributed by atoms with Crippen molar-refractivity contribution in [3.8, 4) is 11.4 Å². The lowest BCUT2D eigenvalue weighted by atomic mass is 10.2. The van der Waals surface area contributed by atoms with Crippen LogP contribution < -0.4 is 15.0 Å². The Balaban J connectivity index is 2.11. The van der Waals surface area contributed by atoms with E-state index in [4.69, 9.17) is 4.74 Å². The van der Waals surface area contributed by atoms with Gasteiger partial charge in [0.1, 0.15) is 16.3 Å². The second-order valence-electron chi connectivity index (χ2n) is 6.38. The quantitative estimate of drug-likeness (QED) is 0.689. The maximum atomic E-state index is 13.1. The zero-order valence-corrected chi connectivity index (χ0v) is 17.1. The molecular formula is C20H23N3O4S. The third-order valence-electron chi connectivity index (χ3n) is 4.72. The van der Waals surface area contributed by atoms with Crippen LogP contribution in [0, 0.1) is 6.92 Å². The molecule has 0 aliphatic rings. The Morgan fingerprint density at radius 1 is 1.11 bits per heavy atom. The zero-order valence-electron chi connectivity index (χ0n) is 16.3. The van der Waals surface area contributed by atoms with Crippen LogP contribution in [0.2, 0.25) is 0 Å². The Morgan fingerprint density at radius 2 is 1.79 bits per heavy atom. The summed E-state index contributed by atoms with van der Waals surface area (Å²) in [5.41, 5.74) is 1.57. The first-order chi connectivity index (χ1) is 13.3. The number of anilines is 1. The average molecular weight is 401 g/mol. The number of nitrogens with zero attached hydrogens (tertiary/aromatic N) is 2. The normalized spacial score (nSPS) is 11.4. The Kier molecular flexibility index (Phi) is 5.33. The number of methoxy groups -OCH3 is 1. The first kappa shape index (κ1) is 19.8. The van der Waals surface area contributed by atoms with Gasteiger partial charge in [0, 0.05) is 7.05 Å². The standard InChI is InChI=1S/C20H23N3O4S/c1-5-15-11-12-17(27-4)18(13-15)28(25,26)21-19-14(2)22(3)23(20(19)24)16-9-7-6-8-10-16/h6-13,21H,5H2,1-4H3. The number of sulfonamides is 1. The number of rotatable bonds is 6. The van der Waals surface area contributed by atoms with E-state index < -0.39 is 15.6 Å². The minimum Gasteiger partial charge on any atom is -0.495 e. The summed E-state index contributed by atoms with van der Waals surface area (Å²) in [6, 6.07) is 14.0. The smallest absolute Gasteiger partial charge is 0.296 e. The molecule has 7 nitrogen and oxygen atoms in total. The molecule has 0 bridgehead atoms. The van der Waals surface area contributed by atoms with Gasteiger partial charge in [-0.25, -0.2) is 13.1 Å². The first-order valence-electron chi connectivity index (χ1n) is 8.84. The predicted molar refractivity (Wildman–Crippen MR) is 109 cm³/mol. The fourth-order valence-electron chi connectivity index (χ4n) is 3.03. The van der Waals surface area contributed by atoms with Crippen LogP contribution >= 0.6 is 0 Å². The van der Waals surface area contributed by atoms with Gasteiger partial charge < -0.3 is 4.74 Å². The lowest BCUT2D eigenvalue weighted by molar-refractivity contribution is 0.402. The van der Waals surface area contributed by atoms with Gasteiger partial charge in [-0.05, 0) is 43.2 Å². The minimum atomic E-state index is -4.02. The molecule has 0 aliphatic heterocycles. The fourth-order valence-corrected chi connectivity index (χ4v) is 4.36. The maximum absolute atomic E-state index is 13.1. The summed E-state index contributed by atoms with van der Waals surface area (Å²) in [7, 11) is -0.900. The SMILES string of the molecule is CCc1ccc(OC)c(S(=O)(=O)Nc2c(C)n(C)n(-c3ccccc3)c2=O)c1. The molecule has 1 heterocycles. The van der Waals surface area contributed by atoms with E-state index >= 15 is 0 Å². The van der Waals surface area contributed by atoms with Crippen LogP contribution in [-0.2, 0) is 23.5 Å². The molecule has 148 valence electrons. The number of benzene rings is 2. The highest BCUT2D eigenvalue weighted by atomic mass is 32.2. The van der Waals surface area contributed by atoms with Gasteiger partial charge in [0.15, 0.2) is 0 Å². The number of hydrogen-bond donors (Lipinski definition) is 1. The zero-order chi connectivity index (χ0) is 20.5. The van der Waals surface area contributed by atoms with E-state index in [1.165, 1.54) is 11.8 Å². The number of para-hydroxylation sites is 1. The van der Waals surface area contributed by atoms with Crippen LogP contribution in [-0.4, -0.2) is 24.9 Å². The Hall–Kier alpha value is -3.00. The molecule has 28 heavy (non-hydrogen) atoms. The van der Waals surface area contributed by atoms with Gasteiger partial charge in [-0.1, -0.05) is 31.2 Å². The van der Waals surface area contributed by atoms with Crippen molar-refractivity contribution >= 4 is 15.7 Å². The van der Waals surface area contributed by atoms with Crippen molar-refractivity contribution < 1.29 is 13.2 Å². The molecule has 0 saturated carbocycles. The Bertz CT molecular complexity index is 1160. The molecule has 0 atom stereocenters. The molecule has 3 aromatic rings. The van der Waals surface area contributed by atoms with Crippen LogP contribution in [0.5, 0.6) is 5.75 Å². The summed E-state index contributed by atoms with van der Waals surface area (Å²) < 4.78 is 36.9. The molecule has 0 unspecified atom stereocenters. The van der Waals surface area contributed by atoms with Gasteiger partial charge in [-0.15, -0.1) is 0 Å². The summed E-state index contributed by atoms with van der Waals surface area (Å²) in [4.78, 5) is 13.0. The maximum Gasteiger partial charge on any atom is 0.296 e. The number of nitrogens with one attached hydrogen (secondary N) is 1. The highest BCUT2D eigenvalue weighted by molar-refractivity contribution is 7.92. The van der Waals surface area contributed by atoms with Gasteiger partial charge >= 0.3 is 0 Å². The average Bonchev–Trinajstić information content (AvgIpc) is 2.91. The van der Waals surface area contributed by atoms with E-state index in [2.05, 4.69) is 4.72 Å². The van der Waals surface area contributed by atoms with E-state index in [0.717, 1.165) is 5.56 Å². The molecule has 2 aromatic carbocycles. The van der Waals surface area contributed by atoms with E-state index in [1.807, 2.05) is 31.2 Å². The van der Waals surface area contributed by atoms with Crippen LogP contribution in [0.25, 0.3) is 5.69 Å². The van der Waals surface area contributed by atoms with E-state index in [1.54, 1.807) is 42.9 Å². The molecule has 1 N–H and O–H groups in total. The van der Waals surface area contributed by atoms with Crippen molar-refractivity contribution in [1.29, 1.82) is 0 Å². The highest BCUT2D eigenvalue weighted by Crippen LogP contribution is 2.27. The van der Waals surface area contributed by atoms with E-state index in [9.17, 15) is 13.2 Å². The Morgan fingerprint density at radius 3 is 2.39 bits per heavy atom. The third kappa shape index (κ3) is 3.43. The summed E-state index contributed by atoms with van der Waals surface area (Å²) in [6.45, 7) is 3.63. The van der Waals surface area contributed by atoms with E-state index in [-0.39, 0.29) is 16.3 Å². The molecule has 0 spiro atoms. The van der Waals surface area contributed by atoms with Crippen LogP contribution in [0.15, 0.2) is 58.2 Å². The van der Waals surface area contributed by atoms with Crippen molar-refractivity contribution in [1.82, 2.24) is 9.36 Å². The summed E-state index contributed by atoms with van der Waals surface area (Å²) in [5.74, 6) is 0.224. The molecular weight excluding hydrogens is 378 g/mol. The molecule has 0 saturated heterocycles. The Labute approximate surface area is 164 Å². The summed E-state index contributed by atoms with van der Waals surface area (Å²) in [6.07, 6.45) is 0.678. The van der Waals surface area contributed by atoms with Gasteiger partial charge in [-0.3, -0.25) is 14.2 Å². The molecule has 0 fully saturated rings. The predicted octanol–water partition coefficient (Wildman–Crippen LogP) is 2.86. The second-order valence-corrected chi connectivity index (χ2v) is 8.03. The van der Waals surface area contributed by atoms with Gasteiger partial charge in [0.05, 0.1) is 18.5 Å². The molecule has 8 heteroatoms. The van der Waals surface area contributed by atoms with Crippen molar-refractivity contribution in [2.75, 3.05) is 11.8 Å². The third-order valence-corrected chi connectivity index (χ3v) is 6.09. The largest absolute Gasteiger partial charge is 0.495 e. The topological polar surface area (TPSA) is 82.3 Å². The van der Waals surface area contributed by atoms with Crippen LogP contribution in [0.1, 0.15) is 18.2 Å². The highest BCUT2D eigenvalue weighted by Gasteiger charge is 2.25. The van der Waals surface area contributed by atoms with Crippen molar-refractivity contribution in [2.45, 2.75) is 25.2 Å². The van der Waals surface area contributed by atoms with Crippen molar-refractivity contribution in [3.63, 3.8) is 0 Å². The van der Waals surface area contributed by atoms with Crippen molar-refractivity contribution in [3.05, 3.63) is 70.1 Å². The van der Waals surface area contributed by atoms with E-state index in [0.29, 0.717) is 17.8 Å². The minimum absolute atomic E-state index is 0.00302. The van der Waals surface area contributed by atoms with Gasteiger partial charge in [-0.2, -0.15) is 0 Å². The number of aryl methyl sites for hydroxylation is 1. The molecule has 3 rings (SSSR count). The molecule has 0 aliphatic carbocycles. The number of hydrogen-bond acceptors (Lipinski definition) is 4. The summed E-state index contributed by atoms with van der Waals surface area (Å²) in [5, 5.41) is 0. The summed E-state index contributed by atoms with van der Waals surface area (Å²) >= 11 is 0. The molecule has 0 radical (unpaired) electrons. The van der Waals surface area contributed by atoms with Crippen LogP contribution in [0.3, 0.4) is 0 Å². The molecule has 0 amide bonds. The fraction of sp³-hybridized carbons (Fsp3) is 0.250. The molecule has 1 aromatic heterocycles. The lowest BCUT2D eigenvalue weighted by Crippen LogP contribution is -2.23. The first-order valence-corrected chi connectivity index (χ1v) is 10.3. The lowest BCUT2D eigenvalue weighted by Gasteiger charge is -2.12. The second kappa shape index (κ2) is 7.55. The van der Waals surface area contributed by atoms with Crippen LogP contribution in [0.4, 0.5) is 5.69 Å². The number of ether oxygens (including phenoxy) is 1. The van der Waals surface area contributed by atoms with Crippen molar-refractivity contribution in [2.24, 2.45) is 7.05 Å². The monoisotopic (exact) mass is 401 g/mol.